The first-order chi connectivity index (χ1) is 7.38. The summed E-state index contributed by atoms with van der Waals surface area (Å²) < 4.78 is 5.72. The summed E-state index contributed by atoms with van der Waals surface area (Å²) in [6.07, 6.45) is 0. The Balaban J connectivity index is 2.47. The molecule has 0 aliphatic rings. The second-order valence-corrected chi connectivity index (χ2v) is 5.33. The average molecular weight is 218 g/mol. The average Bonchev–Trinajstić information content (AvgIpc) is 2.57. The zero-order valence-corrected chi connectivity index (χ0v) is 10.2. The van der Waals surface area contributed by atoms with Crippen LogP contribution in [0.25, 0.3) is 11.1 Å². The summed E-state index contributed by atoms with van der Waals surface area (Å²) in [5.41, 5.74) is 8.82. The van der Waals surface area contributed by atoms with Crippen LogP contribution in [0.3, 0.4) is 0 Å². The van der Waals surface area contributed by atoms with E-state index in [0.29, 0.717) is 0 Å². The molecule has 1 atom stereocenters. The minimum absolute atomic E-state index is 0.0110. The van der Waals surface area contributed by atoms with Gasteiger partial charge in [0.05, 0.1) is 6.04 Å². The van der Waals surface area contributed by atoms with E-state index in [4.69, 9.17) is 10.2 Å². The molecule has 3 nitrogen and oxygen atoms in total. The van der Waals surface area contributed by atoms with E-state index < -0.39 is 0 Å². The number of hydrogen-bond donors (Lipinski definition) is 1. The number of nitrogens with zero attached hydrogens (tertiary/aromatic N) is 1. The van der Waals surface area contributed by atoms with Crippen LogP contribution in [0.2, 0.25) is 0 Å². The van der Waals surface area contributed by atoms with Gasteiger partial charge in [0.15, 0.2) is 5.58 Å². The first kappa shape index (κ1) is 11.1. The summed E-state index contributed by atoms with van der Waals surface area (Å²) >= 11 is 0. The smallest absolute Gasteiger partial charge is 0.152 e. The highest BCUT2D eigenvalue weighted by atomic mass is 16.3. The number of aryl methyl sites for hydroxylation is 1. The van der Waals surface area contributed by atoms with Crippen LogP contribution >= 0.6 is 0 Å². The molecule has 0 unspecified atom stereocenters. The SMILES string of the molecule is Cc1ccc2oc([C@@H](N)C(C)(C)C)cc2n1. The predicted octanol–water partition coefficient (Wildman–Crippen LogP) is 3.18. The molecule has 0 radical (unpaired) electrons. The minimum Gasteiger partial charge on any atom is -0.458 e. The summed E-state index contributed by atoms with van der Waals surface area (Å²) in [7, 11) is 0. The van der Waals surface area contributed by atoms with Gasteiger partial charge in [0, 0.05) is 11.8 Å². The van der Waals surface area contributed by atoms with Crippen LogP contribution in [0, 0.1) is 12.3 Å². The summed E-state index contributed by atoms with van der Waals surface area (Å²) in [5.74, 6) is 0.806. The predicted molar refractivity (Wildman–Crippen MR) is 65.1 cm³/mol. The number of rotatable bonds is 1. The normalized spacial score (nSPS) is 14.3. The van der Waals surface area contributed by atoms with Crippen LogP contribution in [0.15, 0.2) is 22.6 Å². The molecular formula is C13H18N2O. The Labute approximate surface area is 95.7 Å². The van der Waals surface area contributed by atoms with Crippen molar-refractivity contribution in [1.29, 1.82) is 0 Å². The first-order valence-electron chi connectivity index (χ1n) is 5.50. The fourth-order valence-electron chi connectivity index (χ4n) is 1.62. The van der Waals surface area contributed by atoms with Crippen molar-refractivity contribution in [2.45, 2.75) is 33.7 Å². The van der Waals surface area contributed by atoms with Crippen molar-refractivity contribution in [3.8, 4) is 0 Å². The van der Waals surface area contributed by atoms with Gasteiger partial charge in [-0.25, -0.2) is 4.98 Å². The maximum Gasteiger partial charge on any atom is 0.152 e. The fraction of sp³-hybridized carbons (Fsp3) is 0.462. The molecule has 0 aromatic carbocycles. The van der Waals surface area contributed by atoms with Crippen molar-refractivity contribution in [2.75, 3.05) is 0 Å². The summed E-state index contributed by atoms with van der Waals surface area (Å²) in [6.45, 7) is 8.27. The van der Waals surface area contributed by atoms with Gasteiger partial charge in [-0.3, -0.25) is 0 Å². The van der Waals surface area contributed by atoms with E-state index in [-0.39, 0.29) is 11.5 Å². The van der Waals surface area contributed by atoms with Gasteiger partial charge < -0.3 is 10.2 Å². The molecule has 2 heterocycles. The quantitative estimate of drug-likeness (QED) is 0.799. The molecule has 16 heavy (non-hydrogen) atoms. The third-order valence-corrected chi connectivity index (χ3v) is 2.77. The second-order valence-electron chi connectivity index (χ2n) is 5.33. The van der Waals surface area contributed by atoms with Crippen LogP contribution < -0.4 is 5.73 Å². The molecule has 86 valence electrons. The zero-order valence-electron chi connectivity index (χ0n) is 10.2. The standard InChI is InChI=1S/C13H18N2O/c1-8-5-6-10-9(15-8)7-11(16-10)12(14)13(2,3)4/h5-7,12H,14H2,1-4H3/t12-/m1/s1. The van der Waals surface area contributed by atoms with Gasteiger partial charge in [-0.2, -0.15) is 0 Å². The third-order valence-electron chi connectivity index (χ3n) is 2.77. The lowest BCUT2D eigenvalue weighted by Gasteiger charge is -2.24. The number of fused-ring (bicyclic) bond motifs is 1. The Morgan fingerprint density at radius 1 is 1.31 bits per heavy atom. The molecule has 2 rings (SSSR count). The highest BCUT2D eigenvalue weighted by molar-refractivity contribution is 5.73. The van der Waals surface area contributed by atoms with Gasteiger partial charge in [-0.05, 0) is 24.5 Å². The lowest BCUT2D eigenvalue weighted by molar-refractivity contribution is 0.290. The number of pyridine rings is 1. The third kappa shape index (κ3) is 1.95. The van der Waals surface area contributed by atoms with Gasteiger partial charge in [0.25, 0.3) is 0 Å². The molecule has 0 saturated carbocycles. The topological polar surface area (TPSA) is 52.0 Å². The number of hydrogen-bond acceptors (Lipinski definition) is 3. The van der Waals surface area contributed by atoms with Crippen LogP contribution in [0.5, 0.6) is 0 Å². The molecule has 0 saturated heterocycles. The molecule has 2 N–H and O–H groups in total. The number of furan rings is 1. The van der Waals surface area contributed by atoms with Crippen LogP contribution in [0.1, 0.15) is 38.3 Å². The zero-order chi connectivity index (χ0) is 11.9. The van der Waals surface area contributed by atoms with E-state index in [1.54, 1.807) is 0 Å². The molecule has 0 spiro atoms. The van der Waals surface area contributed by atoms with E-state index >= 15 is 0 Å². The first-order valence-corrected chi connectivity index (χ1v) is 5.50. The molecule has 0 bridgehead atoms. The Morgan fingerprint density at radius 2 is 2.00 bits per heavy atom. The fourth-order valence-corrected chi connectivity index (χ4v) is 1.62. The van der Waals surface area contributed by atoms with E-state index in [2.05, 4.69) is 25.8 Å². The van der Waals surface area contributed by atoms with Crippen LogP contribution in [-0.2, 0) is 0 Å². The highest BCUT2D eigenvalue weighted by Gasteiger charge is 2.25. The van der Waals surface area contributed by atoms with Crippen LogP contribution in [0.4, 0.5) is 0 Å². The lowest BCUT2D eigenvalue weighted by atomic mass is 9.86. The van der Waals surface area contributed by atoms with Crippen molar-refractivity contribution in [3.63, 3.8) is 0 Å². The maximum atomic E-state index is 6.15. The van der Waals surface area contributed by atoms with Gasteiger partial charge in [-0.15, -0.1) is 0 Å². The van der Waals surface area contributed by atoms with Gasteiger partial charge in [-0.1, -0.05) is 20.8 Å². The molecule has 3 heteroatoms. The monoisotopic (exact) mass is 218 g/mol. The van der Waals surface area contributed by atoms with Crippen molar-refractivity contribution in [3.05, 3.63) is 29.7 Å². The molecule has 2 aromatic heterocycles. The van der Waals surface area contributed by atoms with Crippen molar-refractivity contribution in [2.24, 2.45) is 11.1 Å². The Hall–Kier alpha value is -1.35. The van der Waals surface area contributed by atoms with Gasteiger partial charge in [0.2, 0.25) is 0 Å². The Morgan fingerprint density at radius 3 is 2.62 bits per heavy atom. The molecular weight excluding hydrogens is 200 g/mol. The van der Waals surface area contributed by atoms with Crippen LogP contribution in [-0.4, -0.2) is 4.98 Å². The van der Waals surface area contributed by atoms with Crippen molar-refractivity contribution in [1.82, 2.24) is 4.98 Å². The van der Waals surface area contributed by atoms with E-state index in [1.807, 2.05) is 25.1 Å². The molecule has 0 aliphatic carbocycles. The summed E-state index contributed by atoms with van der Waals surface area (Å²) in [4.78, 5) is 4.41. The Kier molecular flexibility index (Phi) is 2.50. The molecule has 0 fully saturated rings. The van der Waals surface area contributed by atoms with E-state index in [9.17, 15) is 0 Å². The van der Waals surface area contributed by atoms with Gasteiger partial charge >= 0.3 is 0 Å². The maximum absolute atomic E-state index is 6.15. The number of nitrogens with two attached hydrogens (primary N) is 1. The van der Waals surface area contributed by atoms with Crippen molar-refractivity contribution >= 4 is 11.1 Å². The minimum atomic E-state index is -0.109. The highest BCUT2D eigenvalue weighted by Crippen LogP contribution is 2.33. The largest absolute Gasteiger partial charge is 0.458 e. The second kappa shape index (κ2) is 3.59. The van der Waals surface area contributed by atoms with E-state index in [1.165, 1.54) is 0 Å². The van der Waals surface area contributed by atoms with Gasteiger partial charge in [0.1, 0.15) is 11.3 Å². The summed E-state index contributed by atoms with van der Waals surface area (Å²) in [6, 6.07) is 5.72. The van der Waals surface area contributed by atoms with E-state index in [0.717, 1.165) is 22.6 Å². The summed E-state index contributed by atoms with van der Waals surface area (Å²) in [5, 5.41) is 0. The number of aromatic nitrogens is 1. The van der Waals surface area contributed by atoms with Crippen molar-refractivity contribution < 1.29 is 4.42 Å². The lowest BCUT2D eigenvalue weighted by Crippen LogP contribution is -2.25. The Bertz CT molecular complexity index is 508. The molecule has 0 amide bonds. The molecule has 2 aromatic rings. The molecule has 0 aliphatic heterocycles.